The van der Waals surface area contributed by atoms with Gasteiger partial charge in [-0.15, -0.1) is 11.6 Å². The summed E-state index contributed by atoms with van der Waals surface area (Å²) in [5, 5.41) is 2.94. The first-order valence-corrected chi connectivity index (χ1v) is 6.27. The van der Waals surface area contributed by atoms with Crippen molar-refractivity contribution in [1.82, 2.24) is 0 Å². The van der Waals surface area contributed by atoms with E-state index in [0.29, 0.717) is 18.2 Å². The number of carbonyl (C=O) groups is 1. The Kier molecular flexibility index (Phi) is 3.83. The summed E-state index contributed by atoms with van der Waals surface area (Å²) < 4.78 is 0. The zero-order valence-corrected chi connectivity index (χ0v) is 9.96. The van der Waals surface area contributed by atoms with Crippen molar-refractivity contribution < 1.29 is 4.79 Å². The number of hydrogen-bond donors (Lipinski definition) is 1. The Morgan fingerprint density at radius 2 is 2.12 bits per heavy atom. The van der Waals surface area contributed by atoms with Crippen molar-refractivity contribution in [2.45, 2.75) is 31.6 Å². The van der Waals surface area contributed by atoms with Crippen LogP contribution in [-0.2, 0) is 10.7 Å². The molecule has 1 N–H and O–H groups in total. The number of para-hydroxylation sites is 1. The van der Waals surface area contributed by atoms with Crippen LogP contribution in [0.2, 0.25) is 0 Å². The van der Waals surface area contributed by atoms with E-state index in [0.717, 1.165) is 11.3 Å². The van der Waals surface area contributed by atoms with Gasteiger partial charge in [0.25, 0.3) is 0 Å². The van der Waals surface area contributed by atoms with Crippen LogP contribution in [-0.4, -0.2) is 5.91 Å². The third-order valence-electron chi connectivity index (χ3n) is 3.13. The van der Waals surface area contributed by atoms with Crippen LogP contribution in [0.4, 0.5) is 5.69 Å². The number of anilines is 1. The number of rotatable bonds is 4. The molecule has 1 aromatic carbocycles. The highest BCUT2D eigenvalue weighted by Gasteiger charge is 2.20. The van der Waals surface area contributed by atoms with Gasteiger partial charge in [0.1, 0.15) is 0 Å². The SMILES string of the molecule is O=C(CC1CCC1)Nc1ccccc1CCl. The van der Waals surface area contributed by atoms with Crippen molar-refractivity contribution in [3.05, 3.63) is 29.8 Å². The normalized spacial score (nSPS) is 15.6. The summed E-state index contributed by atoms with van der Waals surface area (Å²) in [4.78, 5) is 11.7. The standard InChI is InChI=1S/C13H16ClNO/c14-9-11-6-1-2-7-12(11)15-13(16)8-10-4-3-5-10/h1-2,6-7,10H,3-5,8-9H2,(H,15,16). The van der Waals surface area contributed by atoms with Crippen molar-refractivity contribution in [3.63, 3.8) is 0 Å². The first-order valence-electron chi connectivity index (χ1n) is 5.73. The number of benzene rings is 1. The number of carbonyl (C=O) groups excluding carboxylic acids is 1. The van der Waals surface area contributed by atoms with Crippen molar-refractivity contribution in [1.29, 1.82) is 0 Å². The molecule has 0 bridgehead atoms. The third-order valence-corrected chi connectivity index (χ3v) is 3.42. The second-order valence-electron chi connectivity index (χ2n) is 4.34. The summed E-state index contributed by atoms with van der Waals surface area (Å²) in [6.07, 6.45) is 4.32. The lowest BCUT2D eigenvalue weighted by Crippen LogP contribution is -2.21. The summed E-state index contributed by atoms with van der Waals surface area (Å²) in [6.45, 7) is 0. The van der Waals surface area contributed by atoms with E-state index < -0.39 is 0 Å². The highest BCUT2D eigenvalue weighted by molar-refractivity contribution is 6.17. The molecule has 1 amide bonds. The molecule has 86 valence electrons. The van der Waals surface area contributed by atoms with Gasteiger partial charge in [0.15, 0.2) is 0 Å². The van der Waals surface area contributed by atoms with Crippen LogP contribution >= 0.6 is 11.6 Å². The van der Waals surface area contributed by atoms with Crippen LogP contribution in [0.3, 0.4) is 0 Å². The molecular formula is C13H16ClNO. The number of halogens is 1. The quantitative estimate of drug-likeness (QED) is 0.798. The van der Waals surface area contributed by atoms with Crippen LogP contribution in [0.15, 0.2) is 24.3 Å². The Hall–Kier alpha value is -1.02. The number of amides is 1. The summed E-state index contributed by atoms with van der Waals surface area (Å²) in [5.41, 5.74) is 1.83. The minimum absolute atomic E-state index is 0.113. The average molecular weight is 238 g/mol. The van der Waals surface area contributed by atoms with E-state index in [1.54, 1.807) is 0 Å². The maximum absolute atomic E-state index is 11.7. The lowest BCUT2D eigenvalue weighted by atomic mass is 9.83. The molecular weight excluding hydrogens is 222 g/mol. The fraction of sp³-hybridized carbons (Fsp3) is 0.462. The second kappa shape index (κ2) is 5.35. The molecule has 2 nitrogen and oxygen atoms in total. The lowest BCUT2D eigenvalue weighted by molar-refractivity contribution is -0.117. The molecule has 0 unspecified atom stereocenters. The van der Waals surface area contributed by atoms with Crippen molar-refractivity contribution in [2.75, 3.05) is 5.32 Å². The fourth-order valence-corrected chi connectivity index (χ4v) is 2.15. The zero-order valence-electron chi connectivity index (χ0n) is 9.21. The summed E-state index contributed by atoms with van der Waals surface area (Å²) in [6, 6.07) is 7.68. The zero-order chi connectivity index (χ0) is 11.4. The average Bonchev–Trinajstić information content (AvgIpc) is 2.24. The third kappa shape index (κ3) is 2.76. The van der Waals surface area contributed by atoms with Gasteiger partial charge in [-0.25, -0.2) is 0 Å². The summed E-state index contributed by atoms with van der Waals surface area (Å²) in [7, 11) is 0. The van der Waals surface area contributed by atoms with Gasteiger partial charge >= 0.3 is 0 Å². The predicted octanol–water partition coefficient (Wildman–Crippen LogP) is 3.55. The summed E-state index contributed by atoms with van der Waals surface area (Å²) >= 11 is 5.81. The van der Waals surface area contributed by atoms with Crippen LogP contribution in [0.5, 0.6) is 0 Å². The van der Waals surface area contributed by atoms with E-state index in [-0.39, 0.29) is 5.91 Å². The van der Waals surface area contributed by atoms with Gasteiger partial charge in [-0.2, -0.15) is 0 Å². The molecule has 0 aliphatic heterocycles. The Bertz CT molecular complexity index is 374. The molecule has 0 atom stereocenters. The molecule has 0 saturated heterocycles. The van der Waals surface area contributed by atoms with Crippen molar-refractivity contribution >= 4 is 23.2 Å². The van der Waals surface area contributed by atoms with Crippen LogP contribution < -0.4 is 5.32 Å². The van der Waals surface area contributed by atoms with E-state index in [4.69, 9.17) is 11.6 Å². The number of nitrogens with one attached hydrogen (secondary N) is 1. The Morgan fingerprint density at radius 1 is 1.38 bits per heavy atom. The van der Waals surface area contributed by atoms with Gasteiger partial charge in [0.05, 0.1) is 0 Å². The van der Waals surface area contributed by atoms with E-state index in [9.17, 15) is 4.79 Å². The molecule has 0 spiro atoms. The van der Waals surface area contributed by atoms with E-state index in [2.05, 4.69) is 5.32 Å². The van der Waals surface area contributed by atoms with Gasteiger partial charge in [0, 0.05) is 18.0 Å². The molecule has 1 aliphatic rings. The van der Waals surface area contributed by atoms with Gasteiger partial charge in [0.2, 0.25) is 5.91 Å². The van der Waals surface area contributed by atoms with E-state index >= 15 is 0 Å². The molecule has 0 radical (unpaired) electrons. The van der Waals surface area contributed by atoms with Gasteiger partial charge in [-0.3, -0.25) is 4.79 Å². The minimum Gasteiger partial charge on any atom is -0.326 e. The molecule has 16 heavy (non-hydrogen) atoms. The molecule has 1 aliphatic carbocycles. The second-order valence-corrected chi connectivity index (χ2v) is 4.61. The monoisotopic (exact) mass is 237 g/mol. The first kappa shape index (κ1) is 11.5. The lowest BCUT2D eigenvalue weighted by Gasteiger charge is -2.24. The van der Waals surface area contributed by atoms with E-state index in [1.807, 2.05) is 24.3 Å². The maximum atomic E-state index is 11.7. The van der Waals surface area contributed by atoms with Gasteiger partial charge < -0.3 is 5.32 Å². The number of alkyl halides is 1. The molecule has 1 aromatic rings. The Morgan fingerprint density at radius 3 is 2.75 bits per heavy atom. The molecule has 1 saturated carbocycles. The number of hydrogen-bond acceptors (Lipinski definition) is 1. The minimum atomic E-state index is 0.113. The Labute approximate surface area is 101 Å². The molecule has 0 aromatic heterocycles. The smallest absolute Gasteiger partial charge is 0.224 e. The predicted molar refractivity (Wildman–Crippen MR) is 66.6 cm³/mol. The largest absolute Gasteiger partial charge is 0.326 e. The van der Waals surface area contributed by atoms with Gasteiger partial charge in [-0.1, -0.05) is 24.6 Å². The fourth-order valence-electron chi connectivity index (χ4n) is 1.92. The molecule has 0 heterocycles. The maximum Gasteiger partial charge on any atom is 0.224 e. The highest BCUT2D eigenvalue weighted by Crippen LogP contribution is 2.29. The summed E-state index contributed by atoms with van der Waals surface area (Å²) in [5.74, 6) is 1.14. The van der Waals surface area contributed by atoms with Crippen molar-refractivity contribution in [3.8, 4) is 0 Å². The molecule has 2 rings (SSSR count). The first-order chi connectivity index (χ1) is 7.79. The molecule has 1 fully saturated rings. The van der Waals surface area contributed by atoms with Crippen molar-refractivity contribution in [2.24, 2.45) is 5.92 Å². The molecule has 3 heteroatoms. The Balaban J connectivity index is 1.94. The van der Waals surface area contributed by atoms with E-state index in [1.165, 1.54) is 19.3 Å². The van der Waals surface area contributed by atoms with Crippen LogP contribution in [0.1, 0.15) is 31.2 Å². The van der Waals surface area contributed by atoms with Crippen LogP contribution in [0, 0.1) is 5.92 Å². The highest BCUT2D eigenvalue weighted by atomic mass is 35.5. The van der Waals surface area contributed by atoms with Crippen LogP contribution in [0.25, 0.3) is 0 Å². The van der Waals surface area contributed by atoms with Gasteiger partial charge in [-0.05, 0) is 30.4 Å². The topological polar surface area (TPSA) is 29.1 Å².